The van der Waals surface area contributed by atoms with Gasteiger partial charge in [-0.1, -0.05) is 6.92 Å². The molecule has 0 amide bonds. The van der Waals surface area contributed by atoms with Crippen molar-refractivity contribution in [2.75, 3.05) is 0 Å². The lowest BCUT2D eigenvalue weighted by Gasteiger charge is -2.15. The molecule has 0 aliphatic heterocycles. The molecule has 0 saturated heterocycles. The molecule has 2 heteroatoms. The molecule has 1 aromatic heterocycles. The summed E-state index contributed by atoms with van der Waals surface area (Å²) < 4.78 is 0. The molecule has 1 rings (SSSR count). The first-order chi connectivity index (χ1) is 5.64. The van der Waals surface area contributed by atoms with Gasteiger partial charge in [-0.3, -0.25) is 4.99 Å². The third-order valence-corrected chi connectivity index (χ3v) is 2.04. The van der Waals surface area contributed by atoms with Gasteiger partial charge in [-0.2, -0.15) is 0 Å². The number of aliphatic imine (C=N–C) groups is 1. The topological polar surface area (TPSA) is 28.1 Å². The van der Waals surface area contributed by atoms with Crippen molar-refractivity contribution >= 4 is 6.21 Å². The fourth-order valence-electron chi connectivity index (χ4n) is 0.760. The van der Waals surface area contributed by atoms with Crippen molar-refractivity contribution in [3.8, 4) is 0 Å². The number of nitrogens with zero attached hydrogens (tertiary/aromatic N) is 1. The first-order valence-corrected chi connectivity index (χ1v) is 4.33. The summed E-state index contributed by atoms with van der Waals surface area (Å²) >= 11 is 0. The van der Waals surface area contributed by atoms with E-state index in [0.717, 1.165) is 12.1 Å². The Morgan fingerprint density at radius 2 is 2.33 bits per heavy atom. The average Bonchev–Trinajstić information content (AvgIpc) is 2.53. The zero-order chi connectivity index (χ0) is 9.03. The molecule has 2 nitrogen and oxygen atoms in total. The SMILES string of the molecule is CCC(C)(C)N=Cc1ccc[nH]1. The van der Waals surface area contributed by atoms with Gasteiger partial charge in [-0.05, 0) is 32.4 Å². The van der Waals surface area contributed by atoms with Crippen molar-refractivity contribution in [3.05, 3.63) is 24.0 Å². The van der Waals surface area contributed by atoms with Crippen LogP contribution in [0.3, 0.4) is 0 Å². The second kappa shape index (κ2) is 3.57. The number of H-pyrrole nitrogens is 1. The van der Waals surface area contributed by atoms with Gasteiger partial charge in [0, 0.05) is 12.4 Å². The van der Waals surface area contributed by atoms with Gasteiger partial charge in [0.25, 0.3) is 0 Å². The van der Waals surface area contributed by atoms with Gasteiger partial charge >= 0.3 is 0 Å². The van der Waals surface area contributed by atoms with Crippen LogP contribution >= 0.6 is 0 Å². The van der Waals surface area contributed by atoms with Crippen LogP contribution in [0.5, 0.6) is 0 Å². The number of nitrogens with one attached hydrogen (secondary N) is 1. The maximum Gasteiger partial charge on any atom is 0.0562 e. The maximum absolute atomic E-state index is 4.46. The predicted molar refractivity (Wildman–Crippen MR) is 52.8 cm³/mol. The molecule has 1 N–H and O–H groups in total. The molecule has 0 bridgehead atoms. The molecular weight excluding hydrogens is 148 g/mol. The highest BCUT2D eigenvalue weighted by molar-refractivity contribution is 5.77. The highest BCUT2D eigenvalue weighted by Gasteiger charge is 2.10. The van der Waals surface area contributed by atoms with Crippen LogP contribution in [0.25, 0.3) is 0 Å². The minimum atomic E-state index is 0.0606. The maximum atomic E-state index is 4.46. The predicted octanol–water partition coefficient (Wildman–Crippen LogP) is 2.62. The van der Waals surface area contributed by atoms with E-state index in [1.807, 2.05) is 24.5 Å². The number of rotatable bonds is 3. The highest BCUT2D eigenvalue weighted by atomic mass is 14.8. The first-order valence-electron chi connectivity index (χ1n) is 4.33. The fourth-order valence-corrected chi connectivity index (χ4v) is 0.760. The lowest BCUT2D eigenvalue weighted by atomic mass is 10.0. The third-order valence-electron chi connectivity index (χ3n) is 2.04. The third kappa shape index (κ3) is 2.53. The van der Waals surface area contributed by atoms with Gasteiger partial charge in [0.15, 0.2) is 0 Å². The highest BCUT2D eigenvalue weighted by Crippen LogP contribution is 2.12. The minimum Gasteiger partial charge on any atom is -0.360 e. The average molecular weight is 164 g/mol. The quantitative estimate of drug-likeness (QED) is 0.665. The lowest BCUT2D eigenvalue weighted by molar-refractivity contribution is 0.507. The van der Waals surface area contributed by atoms with Crippen LogP contribution in [-0.2, 0) is 0 Å². The van der Waals surface area contributed by atoms with Gasteiger partial charge in [0.2, 0.25) is 0 Å². The molecule has 0 aliphatic rings. The normalized spacial score (nSPS) is 12.6. The summed E-state index contributed by atoms with van der Waals surface area (Å²) in [7, 11) is 0. The zero-order valence-electron chi connectivity index (χ0n) is 7.96. The summed E-state index contributed by atoms with van der Waals surface area (Å²) in [5.74, 6) is 0. The molecule has 0 saturated carbocycles. The van der Waals surface area contributed by atoms with Crippen molar-refractivity contribution in [1.82, 2.24) is 4.98 Å². The van der Waals surface area contributed by atoms with Crippen LogP contribution in [0.4, 0.5) is 0 Å². The van der Waals surface area contributed by atoms with Gasteiger partial charge < -0.3 is 4.98 Å². The number of aromatic amines is 1. The minimum absolute atomic E-state index is 0.0606. The molecule has 0 unspecified atom stereocenters. The summed E-state index contributed by atoms with van der Waals surface area (Å²) in [6.45, 7) is 6.41. The van der Waals surface area contributed by atoms with Crippen molar-refractivity contribution in [3.63, 3.8) is 0 Å². The number of hydrogen-bond donors (Lipinski definition) is 1. The van der Waals surface area contributed by atoms with Crippen molar-refractivity contribution in [1.29, 1.82) is 0 Å². The van der Waals surface area contributed by atoms with Crippen LogP contribution in [0.2, 0.25) is 0 Å². The smallest absolute Gasteiger partial charge is 0.0562 e. The number of hydrogen-bond acceptors (Lipinski definition) is 1. The second-order valence-electron chi connectivity index (χ2n) is 3.55. The zero-order valence-corrected chi connectivity index (χ0v) is 7.96. The molecule has 66 valence electrons. The molecule has 0 aliphatic carbocycles. The number of aromatic nitrogens is 1. The summed E-state index contributed by atoms with van der Waals surface area (Å²) in [6, 6.07) is 3.98. The first kappa shape index (κ1) is 9.04. The molecule has 1 heterocycles. The van der Waals surface area contributed by atoms with Gasteiger partial charge in [-0.25, -0.2) is 0 Å². The van der Waals surface area contributed by atoms with Crippen LogP contribution in [0, 0.1) is 0 Å². The van der Waals surface area contributed by atoms with E-state index in [1.165, 1.54) is 0 Å². The standard InChI is InChI=1S/C10H16N2/c1-4-10(2,3)12-8-9-6-5-7-11-9/h5-8,11H,4H2,1-3H3. The Labute approximate surface area is 73.7 Å². The van der Waals surface area contributed by atoms with Gasteiger partial charge in [-0.15, -0.1) is 0 Å². The Bertz CT molecular complexity index is 245. The fraction of sp³-hybridized carbons (Fsp3) is 0.500. The molecule has 0 atom stereocenters. The van der Waals surface area contributed by atoms with Crippen molar-refractivity contribution < 1.29 is 0 Å². The van der Waals surface area contributed by atoms with Crippen LogP contribution in [0.15, 0.2) is 23.3 Å². The molecule has 12 heavy (non-hydrogen) atoms. The van der Waals surface area contributed by atoms with Crippen LogP contribution in [0.1, 0.15) is 32.9 Å². The van der Waals surface area contributed by atoms with E-state index >= 15 is 0 Å². The van der Waals surface area contributed by atoms with Gasteiger partial charge in [0.05, 0.1) is 11.2 Å². The van der Waals surface area contributed by atoms with Gasteiger partial charge in [0.1, 0.15) is 0 Å². The van der Waals surface area contributed by atoms with E-state index in [1.54, 1.807) is 0 Å². The Kier molecular flexibility index (Phi) is 2.69. The summed E-state index contributed by atoms with van der Waals surface area (Å²) in [4.78, 5) is 7.55. The largest absolute Gasteiger partial charge is 0.360 e. The molecule has 0 aromatic carbocycles. The lowest BCUT2D eigenvalue weighted by Crippen LogP contribution is -2.14. The summed E-state index contributed by atoms with van der Waals surface area (Å²) in [5.41, 5.74) is 1.13. The Morgan fingerprint density at radius 3 is 2.83 bits per heavy atom. The Hall–Kier alpha value is -1.05. The molecule has 0 fully saturated rings. The summed E-state index contributed by atoms with van der Waals surface area (Å²) in [6.07, 6.45) is 4.86. The van der Waals surface area contributed by atoms with Crippen molar-refractivity contribution in [2.45, 2.75) is 32.7 Å². The van der Waals surface area contributed by atoms with E-state index < -0.39 is 0 Å². The van der Waals surface area contributed by atoms with Crippen molar-refractivity contribution in [2.24, 2.45) is 4.99 Å². The van der Waals surface area contributed by atoms with Crippen LogP contribution < -0.4 is 0 Å². The molecule has 0 radical (unpaired) electrons. The second-order valence-corrected chi connectivity index (χ2v) is 3.55. The monoisotopic (exact) mass is 164 g/mol. The van der Waals surface area contributed by atoms with E-state index in [4.69, 9.17) is 0 Å². The van der Waals surface area contributed by atoms with Crippen LogP contribution in [-0.4, -0.2) is 16.7 Å². The van der Waals surface area contributed by atoms with E-state index in [-0.39, 0.29) is 5.54 Å². The van der Waals surface area contributed by atoms with E-state index in [9.17, 15) is 0 Å². The Balaban J connectivity index is 2.62. The molecule has 0 spiro atoms. The van der Waals surface area contributed by atoms with E-state index in [2.05, 4.69) is 30.7 Å². The van der Waals surface area contributed by atoms with E-state index in [0.29, 0.717) is 0 Å². The summed E-state index contributed by atoms with van der Waals surface area (Å²) in [5, 5.41) is 0. The molecular formula is C10H16N2. The Morgan fingerprint density at radius 1 is 1.58 bits per heavy atom. The molecule has 1 aromatic rings.